The van der Waals surface area contributed by atoms with Crippen LogP contribution in [0.15, 0.2) is 18.5 Å². The van der Waals surface area contributed by atoms with E-state index in [0.717, 1.165) is 12.5 Å². The topological polar surface area (TPSA) is 28.2 Å². The number of aromatic nitrogens is 1. The average Bonchev–Trinajstić information content (AvgIpc) is 2.85. The summed E-state index contributed by atoms with van der Waals surface area (Å²) >= 11 is 0. The van der Waals surface area contributed by atoms with Crippen molar-refractivity contribution in [2.45, 2.75) is 52.6 Å². The number of hydrogen-bond donors (Lipinski definition) is 1. The molecule has 1 saturated heterocycles. The Kier molecular flexibility index (Phi) is 5.20. The van der Waals surface area contributed by atoms with Crippen LogP contribution in [-0.4, -0.2) is 24.1 Å². The average molecular weight is 261 g/mol. The van der Waals surface area contributed by atoms with E-state index in [-0.39, 0.29) is 0 Å². The van der Waals surface area contributed by atoms with E-state index in [2.05, 4.69) is 42.0 Å². The van der Waals surface area contributed by atoms with Gasteiger partial charge in [-0.05, 0) is 30.4 Å². The molecule has 1 aromatic rings. The summed E-state index contributed by atoms with van der Waals surface area (Å²) in [5, 5.41) is 3.51. The molecule has 2 heterocycles. The summed E-state index contributed by atoms with van der Waals surface area (Å²) in [6, 6.07) is 2.67. The first kappa shape index (κ1) is 14.3. The van der Waals surface area contributed by atoms with Crippen LogP contribution >= 0.6 is 0 Å². The summed E-state index contributed by atoms with van der Waals surface area (Å²) < 4.78 is 0. The van der Waals surface area contributed by atoms with Gasteiger partial charge < -0.3 is 10.2 Å². The van der Waals surface area contributed by atoms with Crippen molar-refractivity contribution in [3.8, 4) is 0 Å². The van der Waals surface area contributed by atoms with Gasteiger partial charge in [0.25, 0.3) is 0 Å². The van der Waals surface area contributed by atoms with Crippen LogP contribution in [0, 0.1) is 5.92 Å². The van der Waals surface area contributed by atoms with Crippen LogP contribution in [0.4, 0.5) is 5.69 Å². The van der Waals surface area contributed by atoms with Gasteiger partial charge in [0.05, 0.1) is 11.9 Å². The maximum atomic E-state index is 4.32. The summed E-state index contributed by atoms with van der Waals surface area (Å²) in [7, 11) is 0. The van der Waals surface area contributed by atoms with Crippen LogP contribution in [0.2, 0.25) is 0 Å². The number of rotatable bonds is 6. The Hall–Kier alpha value is -1.09. The number of nitrogens with zero attached hydrogens (tertiary/aromatic N) is 2. The van der Waals surface area contributed by atoms with Crippen molar-refractivity contribution < 1.29 is 0 Å². The van der Waals surface area contributed by atoms with E-state index in [1.54, 1.807) is 0 Å². The Bertz CT molecular complexity index is 389. The number of nitrogens with one attached hydrogen (secondary N) is 1. The molecule has 1 aliphatic heterocycles. The third-order valence-electron chi connectivity index (χ3n) is 3.91. The highest BCUT2D eigenvalue weighted by molar-refractivity contribution is 5.52. The van der Waals surface area contributed by atoms with Crippen molar-refractivity contribution in [1.29, 1.82) is 0 Å². The fourth-order valence-electron chi connectivity index (χ4n) is 2.86. The minimum atomic E-state index is 0.521. The lowest BCUT2D eigenvalue weighted by atomic mass is 10.0. The highest BCUT2D eigenvalue weighted by Crippen LogP contribution is 2.28. The van der Waals surface area contributed by atoms with Crippen molar-refractivity contribution in [1.82, 2.24) is 10.3 Å². The van der Waals surface area contributed by atoms with Crippen molar-refractivity contribution in [3.05, 3.63) is 24.0 Å². The third kappa shape index (κ3) is 3.93. The van der Waals surface area contributed by atoms with Crippen LogP contribution in [0.1, 0.15) is 45.6 Å². The molecule has 0 bridgehead atoms. The second-order valence-electron chi connectivity index (χ2n) is 5.93. The maximum absolute atomic E-state index is 4.32. The molecule has 1 N–H and O–H groups in total. The van der Waals surface area contributed by atoms with Crippen molar-refractivity contribution >= 4 is 5.69 Å². The second kappa shape index (κ2) is 6.90. The maximum Gasteiger partial charge on any atom is 0.0598 e. The van der Waals surface area contributed by atoms with E-state index in [0.29, 0.717) is 6.04 Å². The number of pyridine rings is 1. The smallest absolute Gasteiger partial charge is 0.0598 e. The lowest BCUT2D eigenvalue weighted by molar-refractivity contribution is 0.529. The van der Waals surface area contributed by atoms with Crippen LogP contribution in [0.5, 0.6) is 0 Å². The standard InChI is InChI=1S/C16H27N3/c1-4-5-14-7-9-19(12-14)16-11-17-8-6-15(16)10-18-13(2)3/h6,8,11,13-14,18H,4-5,7,9-10,12H2,1-3H3. The zero-order chi connectivity index (χ0) is 13.7. The molecule has 0 saturated carbocycles. The zero-order valence-corrected chi connectivity index (χ0v) is 12.5. The van der Waals surface area contributed by atoms with E-state index in [4.69, 9.17) is 0 Å². The Morgan fingerprint density at radius 1 is 1.47 bits per heavy atom. The molecule has 3 heteroatoms. The molecule has 1 unspecified atom stereocenters. The summed E-state index contributed by atoms with van der Waals surface area (Å²) in [5.41, 5.74) is 2.70. The Balaban J connectivity index is 2.03. The predicted molar refractivity (Wildman–Crippen MR) is 81.4 cm³/mol. The highest BCUT2D eigenvalue weighted by atomic mass is 15.2. The van der Waals surface area contributed by atoms with E-state index in [1.165, 1.54) is 43.6 Å². The lowest BCUT2D eigenvalue weighted by Gasteiger charge is -2.22. The normalized spacial score (nSPS) is 19.4. The molecule has 0 spiro atoms. The van der Waals surface area contributed by atoms with Gasteiger partial charge in [0.15, 0.2) is 0 Å². The molecule has 1 aromatic heterocycles. The second-order valence-corrected chi connectivity index (χ2v) is 5.93. The number of hydrogen-bond acceptors (Lipinski definition) is 3. The summed E-state index contributed by atoms with van der Waals surface area (Å²) in [6.07, 6.45) is 7.93. The van der Waals surface area contributed by atoms with Crippen LogP contribution in [-0.2, 0) is 6.54 Å². The van der Waals surface area contributed by atoms with Gasteiger partial charge in [-0.15, -0.1) is 0 Å². The molecular weight excluding hydrogens is 234 g/mol. The minimum absolute atomic E-state index is 0.521. The molecule has 1 fully saturated rings. The first-order valence-corrected chi connectivity index (χ1v) is 7.62. The fraction of sp³-hybridized carbons (Fsp3) is 0.688. The Morgan fingerprint density at radius 2 is 2.32 bits per heavy atom. The molecule has 106 valence electrons. The Labute approximate surface area is 117 Å². The van der Waals surface area contributed by atoms with Crippen molar-refractivity contribution in [2.24, 2.45) is 5.92 Å². The first-order valence-electron chi connectivity index (χ1n) is 7.62. The molecule has 0 aromatic carbocycles. The minimum Gasteiger partial charge on any atom is -0.370 e. The molecule has 2 rings (SSSR count). The van der Waals surface area contributed by atoms with Gasteiger partial charge >= 0.3 is 0 Å². The van der Waals surface area contributed by atoms with Gasteiger partial charge in [0.1, 0.15) is 0 Å². The summed E-state index contributed by atoms with van der Waals surface area (Å²) in [5.74, 6) is 0.871. The largest absolute Gasteiger partial charge is 0.370 e. The lowest BCUT2D eigenvalue weighted by Crippen LogP contribution is -2.26. The van der Waals surface area contributed by atoms with Gasteiger partial charge in [0.2, 0.25) is 0 Å². The van der Waals surface area contributed by atoms with Crippen LogP contribution < -0.4 is 10.2 Å². The van der Waals surface area contributed by atoms with E-state index in [9.17, 15) is 0 Å². The molecule has 3 nitrogen and oxygen atoms in total. The quantitative estimate of drug-likeness (QED) is 0.852. The van der Waals surface area contributed by atoms with E-state index < -0.39 is 0 Å². The third-order valence-corrected chi connectivity index (χ3v) is 3.91. The van der Waals surface area contributed by atoms with Crippen LogP contribution in [0.25, 0.3) is 0 Å². The molecule has 1 atom stereocenters. The summed E-state index contributed by atoms with van der Waals surface area (Å²) in [4.78, 5) is 6.84. The van der Waals surface area contributed by atoms with Gasteiger partial charge in [-0.3, -0.25) is 4.98 Å². The first-order chi connectivity index (χ1) is 9.20. The SMILES string of the molecule is CCCC1CCN(c2cnccc2CNC(C)C)C1. The molecule has 19 heavy (non-hydrogen) atoms. The number of anilines is 1. The van der Waals surface area contributed by atoms with E-state index in [1.807, 2.05) is 12.4 Å². The highest BCUT2D eigenvalue weighted by Gasteiger charge is 2.23. The predicted octanol–water partition coefficient (Wildman–Crippen LogP) is 3.21. The Morgan fingerprint density at radius 3 is 3.05 bits per heavy atom. The molecule has 0 aliphatic carbocycles. The van der Waals surface area contributed by atoms with Crippen LogP contribution in [0.3, 0.4) is 0 Å². The van der Waals surface area contributed by atoms with Crippen molar-refractivity contribution in [2.75, 3.05) is 18.0 Å². The zero-order valence-electron chi connectivity index (χ0n) is 12.5. The van der Waals surface area contributed by atoms with Gasteiger partial charge in [0, 0.05) is 31.9 Å². The van der Waals surface area contributed by atoms with Gasteiger partial charge in [-0.2, -0.15) is 0 Å². The fourth-order valence-corrected chi connectivity index (χ4v) is 2.86. The molecular formula is C16H27N3. The molecule has 0 radical (unpaired) electrons. The van der Waals surface area contributed by atoms with Crippen molar-refractivity contribution in [3.63, 3.8) is 0 Å². The van der Waals surface area contributed by atoms with Gasteiger partial charge in [-0.25, -0.2) is 0 Å². The molecule has 1 aliphatic rings. The summed E-state index contributed by atoms with van der Waals surface area (Å²) in [6.45, 7) is 9.98. The molecule has 0 amide bonds. The van der Waals surface area contributed by atoms with E-state index >= 15 is 0 Å². The monoisotopic (exact) mass is 261 g/mol. The van der Waals surface area contributed by atoms with Gasteiger partial charge in [-0.1, -0.05) is 27.2 Å².